The van der Waals surface area contributed by atoms with Crippen molar-refractivity contribution in [2.75, 3.05) is 5.09 Å². The van der Waals surface area contributed by atoms with Crippen LogP contribution in [0.25, 0.3) is 0 Å². The maximum absolute atomic E-state index is 7.21. The average Bonchev–Trinajstić information content (AvgIpc) is 2.11. The molecule has 0 saturated carbocycles. The van der Waals surface area contributed by atoms with Crippen molar-refractivity contribution in [3.05, 3.63) is 28.3 Å². The molecule has 70 valence electrons. The maximum atomic E-state index is 7.21. The molecule has 5 heteroatoms. The first-order chi connectivity index (χ1) is 6.19. The zero-order valence-corrected chi connectivity index (χ0v) is 10.9. The van der Waals surface area contributed by atoms with E-state index in [1.54, 1.807) is 0 Å². The van der Waals surface area contributed by atoms with Crippen LogP contribution in [0.1, 0.15) is 11.1 Å². The van der Waals surface area contributed by atoms with E-state index in [1.807, 2.05) is 19.1 Å². The fourth-order valence-electron chi connectivity index (χ4n) is 0.975. The molecule has 1 aromatic carbocycles. The van der Waals surface area contributed by atoms with Crippen LogP contribution in [0.5, 0.6) is 0 Å². The Morgan fingerprint density at radius 3 is 2.85 bits per heavy atom. The highest BCUT2D eigenvalue weighted by Gasteiger charge is 2.03. The second kappa shape index (κ2) is 5.13. The summed E-state index contributed by atoms with van der Waals surface area (Å²) in [7, 11) is 0. The Balaban J connectivity index is 3.16. The first kappa shape index (κ1) is 11.2. The molecule has 2 N–H and O–H groups in total. The van der Waals surface area contributed by atoms with Crippen molar-refractivity contribution >= 4 is 51.9 Å². The summed E-state index contributed by atoms with van der Waals surface area (Å²) in [4.78, 5) is 0. The number of aryl methyl sites for hydroxylation is 1. The summed E-state index contributed by atoms with van der Waals surface area (Å²) < 4.78 is 0. The molecule has 13 heavy (non-hydrogen) atoms. The van der Waals surface area contributed by atoms with Gasteiger partial charge in [-0.05, 0) is 46.7 Å². The van der Waals surface area contributed by atoms with Crippen molar-refractivity contribution in [1.29, 1.82) is 5.41 Å². The average molecular weight is 327 g/mol. The SMILES string of the molecule is Cc1cc(NPI)c(C=N)cc1Cl. The molecule has 0 fully saturated rings. The van der Waals surface area contributed by atoms with Crippen LogP contribution in [0.4, 0.5) is 5.69 Å². The van der Waals surface area contributed by atoms with Gasteiger partial charge in [-0.15, -0.1) is 0 Å². The van der Waals surface area contributed by atoms with Crippen LogP contribution in [0, 0.1) is 12.3 Å². The number of benzene rings is 1. The second-order valence-electron chi connectivity index (χ2n) is 2.55. The molecular weight excluding hydrogens is 317 g/mol. The fraction of sp³-hybridized carbons (Fsp3) is 0.125. The summed E-state index contributed by atoms with van der Waals surface area (Å²) in [5.74, 6) is 0. The first-order valence-electron chi connectivity index (χ1n) is 3.61. The Morgan fingerprint density at radius 1 is 1.62 bits per heavy atom. The molecule has 1 atom stereocenters. The molecule has 1 aromatic rings. The van der Waals surface area contributed by atoms with Crippen molar-refractivity contribution in [1.82, 2.24) is 0 Å². The lowest BCUT2D eigenvalue weighted by molar-refractivity contribution is 1.45. The van der Waals surface area contributed by atoms with Crippen molar-refractivity contribution in [2.24, 2.45) is 0 Å². The Labute approximate surface area is 97.3 Å². The summed E-state index contributed by atoms with van der Waals surface area (Å²) in [5.41, 5.74) is 2.84. The third kappa shape index (κ3) is 2.79. The van der Waals surface area contributed by atoms with Gasteiger partial charge in [-0.1, -0.05) is 11.6 Å². The molecule has 0 amide bonds. The van der Waals surface area contributed by atoms with Gasteiger partial charge in [0.25, 0.3) is 0 Å². The summed E-state index contributed by atoms with van der Waals surface area (Å²) in [6, 6.07) is 3.78. The number of rotatable bonds is 3. The van der Waals surface area contributed by atoms with Gasteiger partial charge in [-0.2, -0.15) is 0 Å². The van der Waals surface area contributed by atoms with Crippen LogP contribution >= 0.6 is 40.0 Å². The summed E-state index contributed by atoms with van der Waals surface area (Å²) >= 11 is 8.19. The van der Waals surface area contributed by atoms with Crippen molar-refractivity contribution < 1.29 is 0 Å². The number of halogens is 2. The van der Waals surface area contributed by atoms with Crippen molar-refractivity contribution in [3.8, 4) is 0 Å². The van der Waals surface area contributed by atoms with Gasteiger partial charge in [0, 0.05) is 28.9 Å². The van der Waals surface area contributed by atoms with Crippen LogP contribution in [0.2, 0.25) is 5.02 Å². The zero-order chi connectivity index (χ0) is 9.84. The summed E-state index contributed by atoms with van der Waals surface area (Å²) in [6.07, 6.45) is 1.91. The van der Waals surface area contributed by atoms with E-state index in [9.17, 15) is 0 Å². The van der Waals surface area contributed by atoms with Gasteiger partial charge in [0.15, 0.2) is 0 Å². The quantitative estimate of drug-likeness (QED) is 0.491. The molecule has 0 aliphatic carbocycles. The Hall–Kier alpha value is 0.140. The van der Waals surface area contributed by atoms with E-state index in [-0.39, 0.29) is 0 Å². The molecule has 0 aliphatic rings. The molecular formula is C8H9ClIN2P. The Kier molecular flexibility index (Phi) is 4.42. The van der Waals surface area contributed by atoms with E-state index < -0.39 is 0 Å². The van der Waals surface area contributed by atoms with Gasteiger partial charge < -0.3 is 10.5 Å². The van der Waals surface area contributed by atoms with Crippen LogP contribution in [0.15, 0.2) is 12.1 Å². The predicted molar refractivity (Wildman–Crippen MR) is 70.0 cm³/mol. The lowest BCUT2D eigenvalue weighted by Crippen LogP contribution is -1.91. The lowest BCUT2D eigenvalue weighted by atomic mass is 10.1. The predicted octanol–water partition coefficient (Wildman–Crippen LogP) is 4.00. The highest BCUT2D eigenvalue weighted by atomic mass is 127. The Bertz CT molecular complexity index is 330. The molecule has 0 aromatic heterocycles. The third-order valence-corrected chi connectivity index (χ3v) is 3.25. The zero-order valence-electron chi connectivity index (χ0n) is 6.99. The van der Waals surface area contributed by atoms with E-state index >= 15 is 0 Å². The van der Waals surface area contributed by atoms with Crippen LogP contribution < -0.4 is 5.09 Å². The molecule has 0 spiro atoms. The molecule has 0 aliphatic heterocycles. The maximum Gasteiger partial charge on any atom is 0.0468 e. The smallest absolute Gasteiger partial charge is 0.0468 e. The minimum Gasteiger partial charge on any atom is -0.358 e. The minimum atomic E-state index is 0.601. The summed E-state index contributed by atoms with van der Waals surface area (Å²) in [5, 5.41) is 11.1. The lowest BCUT2D eigenvalue weighted by Gasteiger charge is -2.08. The van der Waals surface area contributed by atoms with Gasteiger partial charge in [0.05, 0.1) is 0 Å². The molecule has 0 bridgehead atoms. The third-order valence-electron chi connectivity index (χ3n) is 1.67. The van der Waals surface area contributed by atoms with Crippen molar-refractivity contribution in [2.45, 2.75) is 6.92 Å². The first-order valence-corrected chi connectivity index (χ1v) is 8.10. The second-order valence-corrected chi connectivity index (χ2v) is 5.02. The van der Waals surface area contributed by atoms with Crippen LogP contribution in [-0.4, -0.2) is 6.21 Å². The minimum absolute atomic E-state index is 0.601. The topological polar surface area (TPSA) is 35.9 Å². The Morgan fingerprint density at radius 2 is 2.31 bits per heavy atom. The van der Waals surface area contributed by atoms with Gasteiger partial charge >= 0.3 is 0 Å². The van der Waals surface area contributed by atoms with Crippen LogP contribution in [-0.2, 0) is 0 Å². The highest BCUT2D eigenvalue weighted by molar-refractivity contribution is 14.2. The molecule has 1 rings (SSSR count). The summed E-state index contributed by atoms with van der Waals surface area (Å²) in [6.45, 7) is 1.96. The van der Waals surface area contributed by atoms with Gasteiger partial charge in [-0.3, -0.25) is 0 Å². The number of nitrogens with one attached hydrogen (secondary N) is 2. The van der Waals surface area contributed by atoms with Crippen LogP contribution in [0.3, 0.4) is 0 Å². The number of hydrogen-bond donors (Lipinski definition) is 2. The number of anilines is 1. The number of hydrogen-bond acceptors (Lipinski definition) is 2. The highest BCUT2D eigenvalue weighted by Crippen LogP contribution is 2.29. The molecule has 0 heterocycles. The largest absolute Gasteiger partial charge is 0.358 e. The van der Waals surface area contributed by atoms with E-state index in [2.05, 4.69) is 27.1 Å². The van der Waals surface area contributed by atoms with E-state index in [0.717, 1.165) is 16.8 Å². The molecule has 2 nitrogen and oxygen atoms in total. The van der Waals surface area contributed by atoms with Gasteiger partial charge in [-0.25, -0.2) is 0 Å². The molecule has 0 radical (unpaired) electrons. The normalized spacial score (nSPS) is 10.7. The molecule has 1 unspecified atom stereocenters. The standard InChI is InChI=1S/C8H9ClIN2P/c1-5-2-8(12-13-10)6(4-11)3-7(5)9/h2-4,11-13H,1H3. The monoisotopic (exact) mass is 326 g/mol. The van der Waals surface area contributed by atoms with Gasteiger partial charge in [0.2, 0.25) is 0 Å². The van der Waals surface area contributed by atoms with E-state index in [1.165, 1.54) is 6.21 Å². The fourth-order valence-corrected chi connectivity index (χ4v) is 2.34. The van der Waals surface area contributed by atoms with E-state index in [0.29, 0.717) is 11.4 Å². The van der Waals surface area contributed by atoms with Crippen molar-refractivity contribution in [3.63, 3.8) is 0 Å². The van der Waals surface area contributed by atoms with E-state index in [4.69, 9.17) is 17.0 Å². The molecule has 0 saturated heterocycles. The van der Waals surface area contributed by atoms with Gasteiger partial charge in [0.1, 0.15) is 0 Å².